The third kappa shape index (κ3) is 2.25. The Labute approximate surface area is 129 Å². The van der Waals surface area contributed by atoms with Gasteiger partial charge in [0.15, 0.2) is 5.82 Å². The lowest BCUT2D eigenvalue weighted by atomic mass is 10.1. The molecule has 0 amide bonds. The van der Waals surface area contributed by atoms with Crippen molar-refractivity contribution >= 4 is 44.3 Å². The zero-order valence-corrected chi connectivity index (χ0v) is 13.0. The molecule has 1 aromatic heterocycles. The van der Waals surface area contributed by atoms with Gasteiger partial charge in [0.25, 0.3) is 0 Å². The van der Waals surface area contributed by atoms with Crippen molar-refractivity contribution in [3.8, 4) is 11.4 Å². The van der Waals surface area contributed by atoms with Crippen molar-refractivity contribution in [2.24, 2.45) is 0 Å². The fourth-order valence-electron chi connectivity index (χ4n) is 2.06. The maximum Gasteiger partial charge on any atom is 0.163 e. The third-order valence-corrected chi connectivity index (χ3v) is 4.11. The Balaban J connectivity index is 2.28. The molecule has 0 fully saturated rings. The summed E-state index contributed by atoms with van der Waals surface area (Å²) in [6.07, 6.45) is 0. The molecule has 3 aromatic rings. The molecule has 0 saturated carbocycles. The lowest BCUT2D eigenvalue weighted by Gasteiger charge is -2.08. The normalized spacial score (nSPS) is 10.9. The van der Waals surface area contributed by atoms with E-state index < -0.39 is 0 Å². The number of hydrogen-bond acceptors (Lipinski definition) is 3. The van der Waals surface area contributed by atoms with Crippen molar-refractivity contribution in [2.45, 2.75) is 6.92 Å². The highest BCUT2D eigenvalue weighted by atomic mass is 79.9. The maximum atomic E-state index is 6.33. The van der Waals surface area contributed by atoms with Gasteiger partial charge in [0.2, 0.25) is 0 Å². The summed E-state index contributed by atoms with van der Waals surface area (Å²) in [5, 5.41) is 1.48. The van der Waals surface area contributed by atoms with Gasteiger partial charge in [-0.3, -0.25) is 0 Å². The van der Waals surface area contributed by atoms with Crippen molar-refractivity contribution in [1.82, 2.24) is 9.97 Å². The number of nitrogen functional groups attached to an aromatic ring is 1. The Kier molecular flexibility index (Phi) is 3.36. The fourth-order valence-corrected chi connectivity index (χ4v) is 2.64. The molecule has 2 aromatic carbocycles. The minimum absolute atomic E-state index is 0.448. The molecule has 3 nitrogen and oxygen atoms in total. The molecular weight excluding hydrogens is 338 g/mol. The second-order valence-electron chi connectivity index (χ2n) is 4.53. The predicted octanol–water partition coefficient (Wildman–Crippen LogP) is 4.60. The van der Waals surface area contributed by atoms with Gasteiger partial charge in [0.1, 0.15) is 5.82 Å². The van der Waals surface area contributed by atoms with E-state index in [9.17, 15) is 0 Å². The van der Waals surface area contributed by atoms with Crippen LogP contribution in [0.1, 0.15) is 5.56 Å². The van der Waals surface area contributed by atoms with Crippen LogP contribution in [0.3, 0.4) is 0 Å². The van der Waals surface area contributed by atoms with Crippen LogP contribution in [0.5, 0.6) is 0 Å². The van der Waals surface area contributed by atoms with Crippen LogP contribution >= 0.6 is 27.5 Å². The zero-order valence-electron chi connectivity index (χ0n) is 10.7. The van der Waals surface area contributed by atoms with Crippen LogP contribution in [0.2, 0.25) is 5.02 Å². The minimum Gasteiger partial charge on any atom is -0.383 e. The highest BCUT2D eigenvalue weighted by Crippen LogP contribution is 2.31. The summed E-state index contributed by atoms with van der Waals surface area (Å²) in [4.78, 5) is 8.93. The average Bonchev–Trinajstić information content (AvgIpc) is 2.42. The topological polar surface area (TPSA) is 51.8 Å². The number of fused-ring (bicyclic) bond motifs is 1. The largest absolute Gasteiger partial charge is 0.383 e. The van der Waals surface area contributed by atoms with Gasteiger partial charge < -0.3 is 5.73 Å². The molecule has 100 valence electrons. The average molecular weight is 349 g/mol. The Bertz CT molecular complexity index is 818. The Morgan fingerprint density at radius 2 is 1.95 bits per heavy atom. The molecule has 20 heavy (non-hydrogen) atoms. The van der Waals surface area contributed by atoms with E-state index >= 15 is 0 Å². The van der Waals surface area contributed by atoms with E-state index in [0.717, 1.165) is 26.5 Å². The molecule has 3 rings (SSSR count). The summed E-state index contributed by atoms with van der Waals surface area (Å²) in [6, 6.07) is 11.5. The highest BCUT2D eigenvalue weighted by molar-refractivity contribution is 9.10. The van der Waals surface area contributed by atoms with E-state index in [2.05, 4.69) is 25.9 Å². The molecule has 0 radical (unpaired) electrons. The van der Waals surface area contributed by atoms with Crippen LogP contribution < -0.4 is 5.73 Å². The van der Waals surface area contributed by atoms with Crippen molar-refractivity contribution in [1.29, 1.82) is 0 Å². The lowest BCUT2D eigenvalue weighted by Crippen LogP contribution is -1.98. The van der Waals surface area contributed by atoms with E-state index in [1.165, 1.54) is 0 Å². The summed E-state index contributed by atoms with van der Waals surface area (Å²) < 4.78 is 0.946. The quantitative estimate of drug-likeness (QED) is 0.699. The van der Waals surface area contributed by atoms with Gasteiger partial charge >= 0.3 is 0 Å². The van der Waals surface area contributed by atoms with E-state index in [0.29, 0.717) is 16.7 Å². The molecule has 0 spiro atoms. The maximum absolute atomic E-state index is 6.33. The van der Waals surface area contributed by atoms with E-state index in [1.54, 1.807) is 0 Å². The molecule has 0 aliphatic heterocycles. The van der Waals surface area contributed by atoms with E-state index in [-0.39, 0.29) is 0 Å². The van der Waals surface area contributed by atoms with Gasteiger partial charge in [0.05, 0.1) is 10.5 Å². The van der Waals surface area contributed by atoms with Gasteiger partial charge in [0, 0.05) is 15.4 Å². The van der Waals surface area contributed by atoms with Crippen LogP contribution in [-0.4, -0.2) is 9.97 Å². The minimum atomic E-state index is 0.448. The molecule has 0 atom stereocenters. The summed E-state index contributed by atoms with van der Waals surface area (Å²) in [5.74, 6) is 0.995. The number of rotatable bonds is 1. The lowest BCUT2D eigenvalue weighted by molar-refractivity contribution is 1.23. The standard InChI is InChI=1S/C15H11BrClN3/c1-8-3-2-4-10(13(8)17)15-19-12-6-5-9(16)7-11(12)14(18)20-15/h2-7H,1H3,(H2,18,19,20). The number of benzene rings is 2. The van der Waals surface area contributed by atoms with Crippen molar-refractivity contribution in [3.63, 3.8) is 0 Å². The van der Waals surface area contributed by atoms with Gasteiger partial charge in [-0.25, -0.2) is 9.97 Å². The van der Waals surface area contributed by atoms with Crippen molar-refractivity contribution < 1.29 is 0 Å². The van der Waals surface area contributed by atoms with Gasteiger partial charge in [-0.15, -0.1) is 0 Å². The summed E-state index contributed by atoms with van der Waals surface area (Å²) >= 11 is 9.75. The zero-order chi connectivity index (χ0) is 14.3. The first-order valence-corrected chi connectivity index (χ1v) is 7.21. The molecule has 0 aliphatic carbocycles. The molecule has 0 aliphatic rings. The van der Waals surface area contributed by atoms with Crippen LogP contribution in [0, 0.1) is 6.92 Å². The molecule has 0 unspecified atom stereocenters. The van der Waals surface area contributed by atoms with Crippen LogP contribution in [0.15, 0.2) is 40.9 Å². The number of aryl methyl sites for hydroxylation is 1. The Morgan fingerprint density at radius 1 is 1.15 bits per heavy atom. The molecule has 2 N–H and O–H groups in total. The van der Waals surface area contributed by atoms with Crippen molar-refractivity contribution in [2.75, 3.05) is 5.73 Å². The monoisotopic (exact) mass is 347 g/mol. The van der Waals surface area contributed by atoms with Crippen LogP contribution in [-0.2, 0) is 0 Å². The molecule has 5 heteroatoms. The molecule has 0 saturated heterocycles. The van der Waals surface area contributed by atoms with Gasteiger partial charge in [-0.1, -0.05) is 39.7 Å². The molecular formula is C15H11BrClN3. The highest BCUT2D eigenvalue weighted by Gasteiger charge is 2.11. The summed E-state index contributed by atoms with van der Waals surface area (Å²) in [6.45, 7) is 1.95. The first-order valence-electron chi connectivity index (χ1n) is 6.04. The number of nitrogens with zero attached hydrogens (tertiary/aromatic N) is 2. The van der Waals surface area contributed by atoms with E-state index in [4.69, 9.17) is 17.3 Å². The first kappa shape index (κ1) is 13.3. The Morgan fingerprint density at radius 3 is 2.75 bits per heavy atom. The fraction of sp³-hybridized carbons (Fsp3) is 0.0667. The second-order valence-corrected chi connectivity index (χ2v) is 5.82. The summed E-state index contributed by atoms with van der Waals surface area (Å²) in [5.41, 5.74) is 8.62. The van der Waals surface area contributed by atoms with Crippen LogP contribution in [0.4, 0.5) is 5.82 Å². The first-order chi connectivity index (χ1) is 9.56. The number of nitrogens with two attached hydrogens (primary N) is 1. The number of anilines is 1. The summed E-state index contributed by atoms with van der Waals surface area (Å²) in [7, 11) is 0. The number of hydrogen-bond donors (Lipinski definition) is 1. The molecule has 1 heterocycles. The van der Waals surface area contributed by atoms with Gasteiger partial charge in [-0.05, 0) is 36.8 Å². The van der Waals surface area contributed by atoms with Crippen molar-refractivity contribution in [3.05, 3.63) is 51.5 Å². The van der Waals surface area contributed by atoms with E-state index in [1.807, 2.05) is 43.3 Å². The van der Waals surface area contributed by atoms with Gasteiger partial charge in [-0.2, -0.15) is 0 Å². The molecule has 0 bridgehead atoms. The SMILES string of the molecule is Cc1cccc(-c2nc(N)c3cc(Br)ccc3n2)c1Cl. The van der Waals surface area contributed by atoms with Crippen LogP contribution in [0.25, 0.3) is 22.3 Å². The Hall–Kier alpha value is -1.65. The smallest absolute Gasteiger partial charge is 0.163 e. The second kappa shape index (κ2) is 5.04. The third-order valence-electron chi connectivity index (χ3n) is 3.12. The number of aromatic nitrogens is 2. The number of halogens is 2. The predicted molar refractivity (Wildman–Crippen MR) is 86.8 cm³/mol.